The van der Waals surface area contributed by atoms with Gasteiger partial charge in [-0.3, -0.25) is 0 Å². The second-order valence-corrected chi connectivity index (χ2v) is 4.49. The number of hydrogen-bond acceptors (Lipinski definition) is 3. The minimum Gasteiger partial charge on any atom is -0.478 e. The molecule has 0 fully saturated rings. The van der Waals surface area contributed by atoms with E-state index in [1.165, 1.54) is 12.1 Å². The van der Waals surface area contributed by atoms with Gasteiger partial charge in [-0.15, -0.1) is 0 Å². The van der Waals surface area contributed by atoms with Gasteiger partial charge in [0.05, 0.1) is 31.5 Å². The molecule has 0 unspecified atom stereocenters. The number of ether oxygens (including phenoxy) is 2. The van der Waals surface area contributed by atoms with Crippen molar-refractivity contribution in [3.05, 3.63) is 34.3 Å². The normalized spacial score (nSPS) is 10.9. The van der Waals surface area contributed by atoms with Crippen molar-refractivity contribution >= 4 is 17.6 Å². The van der Waals surface area contributed by atoms with Crippen molar-refractivity contribution in [3.8, 4) is 0 Å². The highest BCUT2D eigenvalue weighted by Gasteiger charge is 2.07. The Morgan fingerprint density at radius 3 is 2.67 bits per heavy atom. The summed E-state index contributed by atoms with van der Waals surface area (Å²) < 4.78 is 10.7. The van der Waals surface area contributed by atoms with Gasteiger partial charge in [0, 0.05) is 5.02 Å². The monoisotopic (exact) mass is 272 g/mol. The van der Waals surface area contributed by atoms with Gasteiger partial charge < -0.3 is 14.6 Å². The van der Waals surface area contributed by atoms with Crippen LogP contribution in [-0.2, 0) is 16.1 Å². The molecule has 18 heavy (non-hydrogen) atoms. The van der Waals surface area contributed by atoms with E-state index in [1.54, 1.807) is 6.07 Å². The van der Waals surface area contributed by atoms with Crippen LogP contribution in [0.2, 0.25) is 5.02 Å². The quantitative estimate of drug-likeness (QED) is 0.776. The lowest BCUT2D eigenvalue weighted by atomic mass is 10.1. The standard InChI is InChI=1S/C13H17ClO4/c1-9(2)18-6-5-17-8-11-4-3-10(13(15)16)7-12(11)14/h3-4,7,9H,5-6,8H2,1-2H3,(H,15,16). The third-order valence-corrected chi connectivity index (χ3v) is 2.59. The predicted octanol–water partition coefficient (Wildman–Crippen LogP) is 2.98. The molecule has 1 N–H and O–H groups in total. The van der Waals surface area contributed by atoms with Gasteiger partial charge in [-0.2, -0.15) is 0 Å². The first kappa shape index (κ1) is 15.0. The third-order valence-electron chi connectivity index (χ3n) is 2.24. The summed E-state index contributed by atoms with van der Waals surface area (Å²) in [7, 11) is 0. The number of rotatable bonds is 7. The highest BCUT2D eigenvalue weighted by Crippen LogP contribution is 2.18. The number of halogens is 1. The van der Waals surface area contributed by atoms with Crippen LogP contribution in [0.3, 0.4) is 0 Å². The SMILES string of the molecule is CC(C)OCCOCc1ccc(C(=O)O)cc1Cl. The van der Waals surface area contributed by atoms with Crippen LogP contribution in [0, 0.1) is 0 Å². The summed E-state index contributed by atoms with van der Waals surface area (Å²) in [5.74, 6) is -0.991. The molecule has 1 rings (SSSR count). The fraction of sp³-hybridized carbons (Fsp3) is 0.462. The van der Waals surface area contributed by atoms with Gasteiger partial charge in [-0.25, -0.2) is 4.79 Å². The summed E-state index contributed by atoms with van der Waals surface area (Å²) in [5.41, 5.74) is 0.943. The Balaban J connectivity index is 2.41. The fourth-order valence-electron chi connectivity index (χ4n) is 1.32. The van der Waals surface area contributed by atoms with Crippen LogP contribution >= 0.6 is 11.6 Å². The van der Waals surface area contributed by atoms with Crippen molar-refractivity contribution in [2.75, 3.05) is 13.2 Å². The smallest absolute Gasteiger partial charge is 0.335 e. The van der Waals surface area contributed by atoms with E-state index in [4.69, 9.17) is 26.2 Å². The van der Waals surface area contributed by atoms with Gasteiger partial charge in [0.25, 0.3) is 0 Å². The van der Waals surface area contributed by atoms with E-state index >= 15 is 0 Å². The molecular formula is C13H17ClO4. The van der Waals surface area contributed by atoms with E-state index in [9.17, 15) is 4.79 Å². The van der Waals surface area contributed by atoms with E-state index in [0.29, 0.717) is 24.8 Å². The highest BCUT2D eigenvalue weighted by atomic mass is 35.5. The lowest BCUT2D eigenvalue weighted by Crippen LogP contribution is -2.09. The van der Waals surface area contributed by atoms with Crippen LogP contribution in [0.5, 0.6) is 0 Å². The highest BCUT2D eigenvalue weighted by molar-refractivity contribution is 6.31. The van der Waals surface area contributed by atoms with Crippen LogP contribution in [0.4, 0.5) is 0 Å². The zero-order chi connectivity index (χ0) is 13.5. The molecule has 0 amide bonds. The maximum absolute atomic E-state index is 10.7. The number of aromatic carboxylic acids is 1. The van der Waals surface area contributed by atoms with Crippen LogP contribution in [-0.4, -0.2) is 30.4 Å². The summed E-state index contributed by atoms with van der Waals surface area (Å²) in [4.78, 5) is 10.7. The Kier molecular flexibility index (Phi) is 6.12. The van der Waals surface area contributed by atoms with Gasteiger partial charge in [-0.1, -0.05) is 17.7 Å². The van der Waals surface area contributed by atoms with Gasteiger partial charge in [0.1, 0.15) is 0 Å². The number of hydrogen-bond donors (Lipinski definition) is 1. The van der Waals surface area contributed by atoms with Crippen LogP contribution in [0.15, 0.2) is 18.2 Å². The van der Waals surface area contributed by atoms with Gasteiger partial charge in [0.15, 0.2) is 0 Å². The van der Waals surface area contributed by atoms with Crippen molar-refractivity contribution in [1.82, 2.24) is 0 Å². The van der Waals surface area contributed by atoms with Crippen LogP contribution in [0.1, 0.15) is 29.8 Å². The third kappa shape index (κ3) is 5.04. The van der Waals surface area contributed by atoms with E-state index in [1.807, 2.05) is 13.8 Å². The topological polar surface area (TPSA) is 55.8 Å². The van der Waals surface area contributed by atoms with E-state index in [-0.39, 0.29) is 11.7 Å². The molecule has 0 bridgehead atoms. The lowest BCUT2D eigenvalue weighted by Gasteiger charge is -2.09. The first-order chi connectivity index (χ1) is 8.50. The summed E-state index contributed by atoms with van der Waals surface area (Å²) in [6.07, 6.45) is 0.187. The molecule has 0 saturated heterocycles. The Morgan fingerprint density at radius 1 is 1.39 bits per heavy atom. The molecule has 0 heterocycles. The van der Waals surface area contributed by atoms with Gasteiger partial charge in [0.2, 0.25) is 0 Å². The van der Waals surface area contributed by atoms with Gasteiger partial charge >= 0.3 is 5.97 Å². The van der Waals surface area contributed by atoms with Gasteiger partial charge in [-0.05, 0) is 31.5 Å². The zero-order valence-electron chi connectivity index (χ0n) is 10.5. The molecule has 0 spiro atoms. The first-order valence-electron chi connectivity index (χ1n) is 5.71. The summed E-state index contributed by atoms with van der Waals surface area (Å²) in [6.45, 7) is 5.28. The molecule has 100 valence electrons. The molecule has 1 aromatic carbocycles. The molecule has 0 aliphatic rings. The summed E-state index contributed by atoms with van der Waals surface area (Å²) >= 11 is 5.96. The zero-order valence-corrected chi connectivity index (χ0v) is 11.2. The molecule has 0 aliphatic heterocycles. The van der Waals surface area contributed by atoms with E-state index in [0.717, 1.165) is 5.56 Å². The molecule has 4 nitrogen and oxygen atoms in total. The first-order valence-corrected chi connectivity index (χ1v) is 6.09. The maximum atomic E-state index is 10.7. The minimum absolute atomic E-state index is 0.173. The molecule has 0 aliphatic carbocycles. The second kappa shape index (κ2) is 7.36. The van der Waals surface area contributed by atoms with Crippen molar-refractivity contribution < 1.29 is 19.4 Å². The lowest BCUT2D eigenvalue weighted by molar-refractivity contribution is 0.0143. The molecule has 0 radical (unpaired) electrons. The number of carboxylic acid groups (broad SMARTS) is 1. The minimum atomic E-state index is -0.991. The Morgan fingerprint density at radius 2 is 2.11 bits per heavy atom. The average Bonchev–Trinajstić information content (AvgIpc) is 2.29. The fourth-order valence-corrected chi connectivity index (χ4v) is 1.56. The molecule has 0 atom stereocenters. The second-order valence-electron chi connectivity index (χ2n) is 4.08. The largest absolute Gasteiger partial charge is 0.478 e. The van der Waals surface area contributed by atoms with Crippen molar-refractivity contribution in [3.63, 3.8) is 0 Å². The van der Waals surface area contributed by atoms with Crippen LogP contribution in [0.25, 0.3) is 0 Å². The van der Waals surface area contributed by atoms with E-state index < -0.39 is 5.97 Å². The van der Waals surface area contributed by atoms with E-state index in [2.05, 4.69) is 0 Å². The predicted molar refractivity (Wildman–Crippen MR) is 69.2 cm³/mol. The summed E-state index contributed by atoms with van der Waals surface area (Å²) in [5, 5.41) is 9.19. The molecular weight excluding hydrogens is 256 g/mol. The van der Waals surface area contributed by atoms with Crippen molar-refractivity contribution in [2.45, 2.75) is 26.6 Å². The molecule has 0 saturated carbocycles. The van der Waals surface area contributed by atoms with Crippen molar-refractivity contribution in [2.24, 2.45) is 0 Å². The number of carbonyl (C=O) groups is 1. The Labute approximate surface area is 111 Å². The van der Waals surface area contributed by atoms with Crippen LogP contribution < -0.4 is 0 Å². The number of benzene rings is 1. The Hall–Kier alpha value is -1.10. The molecule has 1 aromatic rings. The maximum Gasteiger partial charge on any atom is 0.335 e. The molecule has 0 aromatic heterocycles. The average molecular weight is 273 g/mol. The molecule has 5 heteroatoms. The number of carboxylic acids is 1. The van der Waals surface area contributed by atoms with Crippen molar-refractivity contribution in [1.29, 1.82) is 0 Å². The summed E-state index contributed by atoms with van der Waals surface area (Å²) in [6, 6.07) is 4.60. The Bertz CT molecular complexity index is 404.